The number of carbonyl (C=O) groups is 2. The van der Waals surface area contributed by atoms with Crippen LogP contribution in [0.4, 0.5) is 15.4 Å². The molecule has 0 bridgehead atoms. The second kappa shape index (κ2) is 6.79. The Labute approximate surface area is 164 Å². The van der Waals surface area contributed by atoms with Gasteiger partial charge in [0.25, 0.3) is 0 Å². The number of ether oxygens (including phenoxy) is 2. The van der Waals surface area contributed by atoms with Crippen molar-refractivity contribution in [1.29, 1.82) is 0 Å². The summed E-state index contributed by atoms with van der Waals surface area (Å²) in [6, 6.07) is 0. The van der Waals surface area contributed by atoms with Crippen LogP contribution in [0.3, 0.4) is 0 Å². The molecular weight excluding hydrogens is 362 g/mol. The molecule has 3 aliphatic rings. The molecule has 9 heteroatoms. The first-order valence-corrected chi connectivity index (χ1v) is 9.74. The van der Waals surface area contributed by atoms with Crippen molar-refractivity contribution in [3.05, 3.63) is 17.1 Å². The fourth-order valence-electron chi connectivity index (χ4n) is 3.48. The molecule has 0 N–H and O–H groups in total. The smallest absolute Gasteiger partial charge is 0.410 e. The molecule has 0 aromatic carbocycles. The summed E-state index contributed by atoms with van der Waals surface area (Å²) in [5, 5.41) is 0. The van der Waals surface area contributed by atoms with Gasteiger partial charge in [-0.2, -0.15) is 0 Å². The number of likely N-dealkylation sites (tertiary alicyclic amines) is 1. The normalized spacial score (nSPS) is 19.1. The van der Waals surface area contributed by atoms with Crippen molar-refractivity contribution in [3.8, 4) is 0 Å². The number of hydrogen-bond acceptors (Lipinski definition) is 7. The van der Waals surface area contributed by atoms with Gasteiger partial charge < -0.3 is 19.3 Å². The largest absolute Gasteiger partial charge is 0.444 e. The summed E-state index contributed by atoms with van der Waals surface area (Å²) in [4.78, 5) is 39.1. The van der Waals surface area contributed by atoms with Gasteiger partial charge in [-0.25, -0.2) is 19.6 Å². The lowest BCUT2D eigenvalue weighted by Gasteiger charge is -2.39. The van der Waals surface area contributed by atoms with Crippen LogP contribution in [0, 0.1) is 6.92 Å². The van der Waals surface area contributed by atoms with Crippen molar-refractivity contribution in [2.45, 2.75) is 58.9 Å². The van der Waals surface area contributed by atoms with E-state index < -0.39 is 5.60 Å². The van der Waals surface area contributed by atoms with E-state index in [0.717, 1.165) is 36.0 Å². The topological polar surface area (TPSA) is 88.1 Å². The number of amides is 2. The van der Waals surface area contributed by atoms with Crippen LogP contribution < -0.4 is 4.90 Å². The summed E-state index contributed by atoms with van der Waals surface area (Å²) >= 11 is 0. The molecule has 0 atom stereocenters. The highest BCUT2D eigenvalue weighted by Crippen LogP contribution is 2.32. The third kappa shape index (κ3) is 3.70. The number of fused-ring (bicyclic) bond motifs is 1. The van der Waals surface area contributed by atoms with Crippen LogP contribution in [0.15, 0.2) is 0 Å². The molecule has 0 spiro atoms. The Balaban J connectivity index is 1.32. The van der Waals surface area contributed by atoms with Crippen LogP contribution in [0.5, 0.6) is 0 Å². The zero-order valence-electron chi connectivity index (χ0n) is 16.9. The number of carbonyl (C=O) groups excluding carboxylic acids is 2. The van der Waals surface area contributed by atoms with Gasteiger partial charge in [0.05, 0.1) is 31.9 Å². The Morgan fingerprint density at radius 3 is 2.36 bits per heavy atom. The molecule has 0 unspecified atom stereocenters. The molecule has 0 aliphatic carbocycles. The van der Waals surface area contributed by atoms with E-state index in [-0.39, 0.29) is 18.3 Å². The van der Waals surface area contributed by atoms with Gasteiger partial charge in [0.2, 0.25) is 0 Å². The molecule has 1 aromatic heterocycles. The van der Waals surface area contributed by atoms with Gasteiger partial charge in [-0.15, -0.1) is 0 Å². The van der Waals surface area contributed by atoms with Crippen LogP contribution in [0.1, 0.15) is 44.3 Å². The maximum absolute atomic E-state index is 12.6. The molecule has 28 heavy (non-hydrogen) atoms. The molecule has 2 saturated heterocycles. The summed E-state index contributed by atoms with van der Waals surface area (Å²) in [6.45, 7) is 11.0. The van der Waals surface area contributed by atoms with Gasteiger partial charge in [-0.3, -0.25) is 4.90 Å². The van der Waals surface area contributed by atoms with Gasteiger partial charge in [0.1, 0.15) is 23.3 Å². The maximum Gasteiger partial charge on any atom is 0.410 e. The molecule has 2 fully saturated rings. The van der Waals surface area contributed by atoms with Crippen LogP contribution >= 0.6 is 0 Å². The second-order valence-electron chi connectivity index (χ2n) is 8.61. The van der Waals surface area contributed by atoms with Gasteiger partial charge in [-0.05, 0) is 34.1 Å². The molecule has 4 rings (SSSR count). The molecule has 4 heterocycles. The highest BCUT2D eigenvalue weighted by atomic mass is 16.6. The molecule has 0 radical (unpaired) electrons. The standard InChI is InChI=1S/C19H27N5O4/c1-12-20-15-11-24(10-14(15)16(21-12)22-6-5-7-22)17(25)27-13-8-23(9-13)18(26)28-19(2,3)4/h13H,5-11H2,1-4H3. The first-order chi connectivity index (χ1) is 13.2. The van der Waals surface area contributed by atoms with Crippen molar-refractivity contribution in [3.63, 3.8) is 0 Å². The van der Waals surface area contributed by atoms with Gasteiger partial charge in [0, 0.05) is 18.7 Å². The molecule has 2 amide bonds. The predicted octanol–water partition coefficient (Wildman–Crippen LogP) is 2.07. The van der Waals surface area contributed by atoms with Crippen molar-refractivity contribution >= 4 is 18.0 Å². The third-order valence-corrected chi connectivity index (χ3v) is 5.05. The van der Waals surface area contributed by atoms with Crippen molar-refractivity contribution in [1.82, 2.24) is 19.8 Å². The number of anilines is 1. The lowest BCUT2D eigenvalue weighted by atomic mass is 10.1. The highest BCUT2D eigenvalue weighted by Gasteiger charge is 2.38. The fourth-order valence-corrected chi connectivity index (χ4v) is 3.48. The van der Waals surface area contributed by atoms with E-state index in [4.69, 9.17) is 9.47 Å². The number of aryl methyl sites for hydroxylation is 1. The Bertz CT molecular complexity index is 796. The van der Waals surface area contributed by atoms with E-state index in [1.54, 1.807) is 9.80 Å². The fraction of sp³-hybridized carbons (Fsp3) is 0.684. The quantitative estimate of drug-likeness (QED) is 0.765. The average Bonchev–Trinajstić information content (AvgIpc) is 2.90. The van der Waals surface area contributed by atoms with Gasteiger partial charge in [-0.1, -0.05) is 0 Å². The molecule has 9 nitrogen and oxygen atoms in total. The summed E-state index contributed by atoms with van der Waals surface area (Å²) in [7, 11) is 0. The predicted molar refractivity (Wildman–Crippen MR) is 101 cm³/mol. The van der Waals surface area contributed by atoms with E-state index in [1.807, 2.05) is 27.7 Å². The molecular formula is C19H27N5O4. The van der Waals surface area contributed by atoms with Crippen LogP contribution in [-0.4, -0.2) is 69.8 Å². The van der Waals surface area contributed by atoms with Crippen LogP contribution in [0.2, 0.25) is 0 Å². The first-order valence-electron chi connectivity index (χ1n) is 9.74. The monoisotopic (exact) mass is 389 g/mol. The highest BCUT2D eigenvalue weighted by molar-refractivity contribution is 5.72. The number of rotatable bonds is 2. The summed E-state index contributed by atoms with van der Waals surface area (Å²) in [5.41, 5.74) is 1.38. The van der Waals surface area contributed by atoms with E-state index in [1.165, 1.54) is 6.42 Å². The van der Waals surface area contributed by atoms with Crippen LogP contribution in [0.25, 0.3) is 0 Å². The molecule has 0 saturated carbocycles. The zero-order valence-corrected chi connectivity index (χ0v) is 16.9. The van der Waals surface area contributed by atoms with E-state index in [0.29, 0.717) is 26.2 Å². The van der Waals surface area contributed by atoms with Gasteiger partial charge >= 0.3 is 12.2 Å². The van der Waals surface area contributed by atoms with Crippen molar-refractivity contribution < 1.29 is 19.1 Å². The summed E-state index contributed by atoms with van der Waals surface area (Å²) in [5.74, 6) is 1.67. The number of hydrogen-bond donors (Lipinski definition) is 0. The Morgan fingerprint density at radius 2 is 1.75 bits per heavy atom. The molecule has 152 valence electrons. The van der Waals surface area contributed by atoms with Gasteiger partial charge in [0.15, 0.2) is 0 Å². The SMILES string of the molecule is Cc1nc2c(c(N3CCC3)n1)CN(C(=O)OC1CN(C(=O)OC(C)(C)C)C1)C2. The average molecular weight is 389 g/mol. The van der Waals surface area contributed by atoms with Crippen LogP contribution in [-0.2, 0) is 22.6 Å². The molecule has 3 aliphatic heterocycles. The van der Waals surface area contributed by atoms with Crippen molar-refractivity contribution in [2.75, 3.05) is 31.1 Å². The lowest BCUT2D eigenvalue weighted by Crippen LogP contribution is -2.57. The Hall–Kier alpha value is -2.58. The third-order valence-electron chi connectivity index (χ3n) is 5.05. The Kier molecular flexibility index (Phi) is 4.55. The maximum atomic E-state index is 12.6. The summed E-state index contributed by atoms with van der Waals surface area (Å²) < 4.78 is 10.9. The molecule has 1 aromatic rings. The minimum Gasteiger partial charge on any atom is -0.444 e. The summed E-state index contributed by atoms with van der Waals surface area (Å²) in [6.07, 6.45) is 0.114. The number of nitrogens with zero attached hydrogens (tertiary/aromatic N) is 5. The minimum atomic E-state index is -0.534. The van der Waals surface area contributed by atoms with Crippen molar-refractivity contribution in [2.24, 2.45) is 0 Å². The number of aromatic nitrogens is 2. The Morgan fingerprint density at radius 1 is 1.04 bits per heavy atom. The minimum absolute atomic E-state index is 0.300. The van der Waals surface area contributed by atoms with E-state index >= 15 is 0 Å². The van der Waals surface area contributed by atoms with E-state index in [9.17, 15) is 9.59 Å². The second-order valence-corrected chi connectivity index (χ2v) is 8.61. The van der Waals surface area contributed by atoms with E-state index in [2.05, 4.69) is 14.9 Å². The first kappa shape index (κ1) is 18.8. The zero-order chi connectivity index (χ0) is 20.1. The lowest BCUT2D eigenvalue weighted by molar-refractivity contribution is -0.0439.